The van der Waals surface area contributed by atoms with E-state index in [-0.39, 0.29) is 5.78 Å². The second kappa shape index (κ2) is 9.01. The average Bonchev–Trinajstić information content (AvgIpc) is 2.89. The van der Waals surface area contributed by atoms with Gasteiger partial charge in [0.15, 0.2) is 5.78 Å². The highest BCUT2D eigenvalue weighted by Gasteiger charge is 2.24. The highest BCUT2D eigenvalue weighted by atomic mass is 16.5. The Bertz CT molecular complexity index is 1250. The fraction of sp³-hybridized carbons (Fsp3) is 0.0333. The van der Waals surface area contributed by atoms with Gasteiger partial charge < -0.3 is 9.64 Å². The maximum Gasteiger partial charge on any atom is 0.178 e. The fourth-order valence-electron chi connectivity index (χ4n) is 4.06. The SMILES string of the molecule is COc1ccc(N2C(c3ccccc3)=CC(=C3C=CC(=O)C=C3)C=C2c2ccccc2)cc1. The van der Waals surface area contributed by atoms with Crippen molar-refractivity contribution in [2.24, 2.45) is 0 Å². The predicted octanol–water partition coefficient (Wildman–Crippen LogP) is 6.59. The van der Waals surface area contributed by atoms with E-state index in [0.29, 0.717) is 0 Å². The zero-order chi connectivity index (χ0) is 22.6. The Balaban J connectivity index is 1.75. The Hall–Kier alpha value is -4.37. The van der Waals surface area contributed by atoms with Crippen molar-refractivity contribution in [3.63, 3.8) is 0 Å². The molecule has 3 aromatic carbocycles. The molecule has 0 aromatic heterocycles. The summed E-state index contributed by atoms with van der Waals surface area (Å²) in [6.45, 7) is 0. The second-order valence-electron chi connectivity index (χ2n) is 7.80. The molecule has 0 saturated heterocycles. The number of methoxy groups -OCH3 is 1. The van der Waals surface area contributed by atoms with Gasteiger partial charge in [0.05, 0.1) is 18.5 Å². The van der Waals surface area contributed by atoms with Gasteiger partial charge in [-0.25, -0.2) is 0 Å². The van der Waals surface area contributed by atoms with Crippen molar-refractivity contribution in [1.82, 2.24) is 0 Å². The van der Waals surface area contributed by atoms with Crippen LogP contribution in [0.5, 0.6) is 5.75 Å². The zero-order valence-corrected chi connectivity index (χ0v) is 18.3. The number of ether oxygens (including phenoxy) is 1. The third kappa shape index (κ3) is 4.21. The van der Waals surface area contributed by atoms with E-state index in [1.54, 1.807) is 19.3 Å². The Labute approximate surface area is 194 Å². The van der Waals surface area contributed by atoms with E-state index in [9.17, 15) is 4.79 Å². The Morgan fingerprint density at radius 3 is 1.61 bits per heavy atom. The minimum atomic E-state index is 0.00884. The van der Waals surface area contributed by atoms with Crippen LogP contribution >= 0.6 is 0 Å². The van der Waals surface area contributed by atoms with Crippen LogP contribution in [0.2, 0.25) is 0 Å². The van der Waals surface area contributed by atoms with Crippen LogP contribution in [0.25, 0.3) is 11.4 Å². The number of hydrogen-bond acceptors (Lipinski definition) is 3. The van der Waals surface area contributed by atoms with Gasteiger partial charge in [-0.15, -0.1) is 0 Å². The minimum Gasteiger partial charge on any atom is -0.497 e. The number of rotatable bonds is 4. The standard InChI is InChI=1S/C30H23NO2/c1-33-28-18-14-26(15-19-28)31-29(23-8-4-2-5-9-23)20-25(22-12-16-27(32)17-13-22)21-30(31)24-10-6-3-7-11-24/h2-21H,1H3. The Morgan fingerprint density at radius 1 is 0.606 bits per heavy atom. The maximum atomic E-state index is 11.7. The van der Waals surface area contributed by atoms with Gasteiger partial charge >= 0.3 is 0 Å². The lowest BCUT2D eigenvalue weighted by atomic mass is 9.93. The van der Waals surface area contributed by atoms with Crippen molar-refractivity contribution in [3.05, 3.63) is 144 Å². The molecule has 0 radical (unpaired) electrons. The first-order chi connectivity index (χ1) is 16.2. The van der Waals surface area contributed by atoms with Gasteiger partial charge in [-0.05, 0) is 70.8 Å². The lowest BCUT2D eigenvalue weighted by molar-refractivity contribution is -0.110. The molecule has 1 aliphatic carbocycles. The number of hydrogen-bond donors (Lipinski definition) is 0. The number of carbonyl (C=O) groups is 1. The first-order valence-corrected chi connectivity index (χ1v) is 10.9. The van der Waals surface area contributed by atoms with E-state index in [2.05, 4.69) is 77.7 Å². The highest BCUT2D eigenvalue weighted by molar-refractivity contribution is 6.03. The molecule has 3 heteroatoms. The van der Waals surface area contributed by atoms with Crippen LogP contribution in [0.15, 0.2) is 133 Å². The number of nitrogens with zero attached hydrogens (tertiary/aromatic N) is 1. The molecule has 0 atom stereocenters. The van der Waals surface area contributed by atoms with Crippen LogP contribution in [0.3, 0.4) is 0 Å². The molecule has 33 heavy (non-hydrogen) atoms. The molecule has 0 bridgehead atoms. The smallest absolute Gasteiger partial charge is 0.178 e. The molecule has 0 N–H and O–H groups in total. The third-order valence-electron chi connectivity index (χ3n) is 5.72. The molecule has 2 aliphatic rings. The van der Waals surface area contributed by atoms with Crippen LogP contribution in [-0.4, -0.2) is 12.9 Å². The second-order valence-corrected chi connectivity index (χ2v) is 7.80. The topological polar surface area (TPSA) is 29.5 Å². The molecule has 1 heterocycles. The monoisotopic (exact) mass is 429 g/mol. The summed E-state index contributed by atoms with van der Waals surface area (Å²) in [4.78, 5) is 14.0. The largest absolute Gasteiger partial charge is 0.497 e. The van der Waals surface area contributed by atoms with E-state index < -0.39 is 0 Å². The van der Waals surface area contributed by atoms with E-state index in [1.807, 2.05) is 36.4 Å². The summed E-state index contributed by atoms with van der Waals surface area (Å²) >= 11 is 0. The van der Waals surface area contributed by atoms with Gasteiger partial charge in [-0.1, -0.05) is 72.8 Å². The van der Waals surface area contributed by atoms with Crippen LogP contribution in [0.1, 0.15) is 11.1 Å². The fourth-order valence-corrected chi connectivity index (χ4v) is 4.06. The van der Waals surface area contributed by atoms with Crippen molar-refractivity contribution in [2.45, 2.75) is 0 Å². The summed E-state index contributed by atoms with van der Waals surface area (Å²) in [6, 6.07) is 28.8. The van der Waals surface area contributed by atoms with Crippen molar-refractivity contribution < 1.29 is 9.53 Å². The molecule has 3 aromatic rings. The zero-order valence-electron chi connectivity index (χ0n) is 18.3. The van der Waals surface area contributed by atoms with Crippen molar-refractivity contribution in [2.75, 3.05) is 12.0 Å². The molecule has 0 saturated carbocycles. The quantitative estimate of drug-likeness (QED) is 0.469. The van der Waals surface area contributed by atoms with Crippen LogP contribution in [0, 0.1) is 0 Å². The number of anilines is 1. The van der Waals surface area contributed by atoms with Gasteiger partial charge in [-0.2, -0.15) is 0 Å². The van der Waals surface area contributed by atoms with E-state index >= 15 is 0 Å². The van der Waals surface area contributed by atoms with E-state index in [4.69, 9.17) is 4.74 Å². The van der Waals surface area contributed by atoms with E-state index in [1.165, 1.54) is 0 Å². The molecule has 1 aliphatic heterocycles. The first-order valence-electron chi connectivity index (χ1n) is 10.9. The molecule has 0 spiro atoms. The molecule has 5 rings (SSSR count). The summed E-state index contributed by atoms with van der Waals surface area (Å²) in [5, 5.41) is 0. The first kappa shape index (κ1) is 20.5. The summed E-state index contributed by atoms with van der Waals surface area (Å²) in [5.74, 6) is 0.825. The molecule has 160 valence electrons. The number of ketones is 1. The van der Waals surface area contributed by atoms with Gasteiger partial charge in [0.2, 0.25) is 0 Å². The Morgan fingerprint density at radius 2 is 1.12 bits per heavy atom. The number of carbonyl (C=O) groups excluding carboxylic acids is 1. The lowest BCUT2D eigenvalue weighted by Crippen LogP contribution is -2.23. The highest BCUT2D eigenvalue weighted by Crippen LogP contribution is 2.40. The molecular weight excluding hydrogens is 406 g/mol. The van der Waals surface area contributed by atoms with Crippen molar-refractivity contribution in [3.8, 4) is 5.75 Å². The minimum absolute atomic E-state index is 0.00884. The van der Waals surface area contributed by atoms with Gasteiger partial charge in [0.1, 0.15) is 5.75 Å². The van der Waals surface area contributed by atoms with Crippen LogP contribution in [0.4, 0.5) is 5.69 Å². The Kier molecular flexibility index (Phi) is 5.61. The molecule has 0 fully saturated rings. The lowest BCUT2D eigenvalue weighted by Gasteiger charge is -2.34. The molecule has 0 unspecified atom stereocenters. The van der Waals surface area contributed by atoms with Crippen LogP contribution in [-0.2, 0) is 4.79 Å². The molecule has 0 amide bonds. The number of benzene rings is 3. The normalized spacial score (nSPS) is 15.4. The van der Waals surface area contributed by atoms with Gasteiger partial charge in [0, 0.05) is 5.69 Å². The third-order valence-corrected chi connectivity index (χ3v) is 5.72. The average molecular weight is 430 g/mol. The van der Waals surface area contributed by atoms with Crippen molar-refractivity contribution in [1.29, 1.82) is 0 Å². The summed E-state index contributed by atoms with van der Waals surface area (Å²) in [7, 11) is 1.68. The van der Waals surface area contributed by atoms with Crippen LogP contribution < -0.4 is 9.64 Å². The van der Waals surface area contributed by atoms with Crippen molar-refractivity contribution >= 4 is 22.9 Å². The summed E-state index contributed by atoms with van der Waals surface area (Å²) in [5.41, 5.74) is 7.42. The number of allylic oxidation sites excluding steroid dienone is 8. The van der Waals surface area contributed by atoms with Gasteiger partial charge in [0.25, 0.3) is 0 Å². The summed E-state index contributed by atoms with van der Waals surface area (Å²) < 4.78 is 5.39. The predicted molar refractivity (Wildman–Crippen MR) is 135 cm³/mol. The molecular formula is C30H23NO2. The van der Waals surface area contributed by atoms with E-state index in [0.717, 1.165) is 45.1 Å². The van der Waals surface area contributed by atoms with Gasteiger partial charge in [-0.3, -0.25) is 4.79 Å². The molecule has 3 nitrogen and oxygen atoms in total. The summed E-state index contributed by atoms with van der Waals surface area (Å²) in [6.07, 6.45) is 11.4. The maximum absolute atomic E-state index is 11.7.